The Labute approximate surface area is 178 Å². The first kappa shape index (κ1) is 19.3. The molecule has 4 aromatic rings. The summed E-state index contributed by atoms with van der Waals surface area (Å²) >= 11 is 0. The molecule has 8 heteroatoms. The summed E-state index contributed by atoms with van der Waals surface area (Å²) in [4.78, 5) is 23.4. The van der Waals surface area contributed by atoms with Crippen molar-refractivity contribution in [3.05, 3.63) is 47.8 Å². The summed E-state index contributed by atoms with van der Waals surface area (Å²) in [7, 11) is 0. The van der Waals surface area contributed by atoms with E-state index in [2.05, 4.69) is 20.1 Å². The number of fused-ring (bicyclic) bond motifs is 3. The highest BCUT2D eigenvalue weighted by Gasteiger charge is 2.28. The molecular formula is C23H22N4O4. The van der Waals surface area contributed by atoms with Gasteiger partial charge in [-0.3, -0.25) is 4.79 Å². The lowest BCUT2D eigenvalue weighted by Gasteiger charge is -2.08. The number of H-pyrrole nitrogens is 1. The number of aliphatic carboxylic acids is 1. The fourth-order valence-electron chi connectivity index (χ4n) is 4.20. The molecule has 0 bridgehead atoms. The van der Waals surface area contributed by atoms with Gasteiger partial charge < -0.3 is 19.4 Å². The molecule has 0 aliphatic heterocycles. The number of carboxylic acid groups (broad SMARTS) is 1. The highest BCUT2D eigenvalue weighted by molar-refractivity contribution is 5.89. The first-order chi connectivity index (χ1) is 15.0. The van der Waals surface area contributed by atoms with Crippen LogP contribution in [0.2, 0.25) is 0 Å². The Morgan fingerprint density at radius 2 is 2.19 bits per heavy atom. The third kappa shape index (κ3) is 3.65. The van der Waals surface area contributed by atoms with E-state index in [9.17, 15) is 4.79 Å². The Balaban J connectivity index is 1.43. The maximum atomic E-state index is 11.2. The SMILES string of the molecule is CC(C)Oc1ccc(-c2nc(-c3ccc4[nH]c5c(c4c3)CCC5CC(=O)O)no2)nc1. The number of carbonyl (C=O) groups is 1. The Bertz CT molecular complexity index is 1260. The Hall–Kier alpha value is -3.68. The van der Waals surface area contributed by atoms with Gasteiger partial charge in [-0.15, -0.1) is 0 Å². The van der Waals surface area contributed by atoms with E-state index in [1.54, 1.807) is 12.3 Å². The smallest absolute Gasteiger partial charge is 0.304 e. The van der Waals surface area contributed by atoms with Crippen LogP contribution in [0.5, 0.6) is 5.75 Å². The van der Waals surface area contributed by atoms with Crippen molar-refractivity contribution < 1.29 is 19.2 Å². The molecule has 0 saturated heterocycles. The third-order valence-corrected chi connectivity index (χ3v) is 5.52. The Kier molecular flexibility index (Phi) is 4.69. The molecule has 0 radical (unpaired) electrons. The second kappa shape index (κ2) is 7.54. The van der Waals surface area contributed by atoms with Gasteiger partial charge >= 0.3 is 5.97 Å². The number of rotatable bonds is 6. The molecule has 1 unspecified atom stereocenters. The lowest BCUT2D eigenvalue weighted by atomic mass is 10.0. The third-order valence-electron chi connectivity index (χ3n) is 5.52. The predicted octanol–water partition coefficient (Wildman–Crippen LogP) is 4.57. The summed E-state index contributed by atoms with van der Waals surface area (Å²) in [5.41, 5.74) is 4.64. The molecule has 2 N–H and O–H groups in total. The Morgan fingerprint density at radius 3 is 2.94 bits per heavy atom. The molecule has 5 rings (SSSR count). The van der Waals surface area contributed by atoms with Crippen molar-refractivity contribution in [3.63, 3.8) is 0 Å². The van der Waals surface area contributed by atoms with E-state index in [0.29, 0.717) is 23.2 Å². The monoisotopic (exact) mass is 418 g/mol. The summed E-state index contributed by atoms with van der Waals surface area (Å²) in [6.45, 7) is 3.92. The van der Waals surface area contributed by atoms with E-state index in [-0.39, 0.29) is 18.4 Å². The van der Waals surface area contributed by atoms with Gasteiger partial charge in [0, 0.05) is 28.1 Å². The average molecular weight is 418 g/mol. The molecule has 1 aromatic carbocycles. The van der Waals surface area contributed by atoms with Gasteiger partial charge in [0.1, 0.15) is 11.4 Å². The normalized spacial score (nSPS) is 15.5. The zero-order valence-electron chi connectivity index (χ0n) is 17.3. The van der Waals surface area contributed by atoms with E-state index in [1.165, 1.54) is 5.56 Å². The molecular weight excluding hydrogens is 396 g/mol. The van der Waals surface area contributed by atoms with Crippen LogP contribution in [0.15, 0.2) is 41.1 Å². The van der Waals surface area contributed by atoms with Gasteiger partial charge in [0.2, 0.25) is 5.82 Å². The molecule has 1 atom stereocenters. The van der Waals surface area contributed by atoms with Crippen LogP contribution < -0.4 is 4.74 Å². The number of hydrogen-bond acceptors (Lipinski definition) is 6. The van der Waals surface area contributed by atoms with Crippen LogP contribution >= 0.6 is 0 Å². The second-order valence-electron chi connectivity index (χ2n) is 8.08. The quantitative estimate of drug-likeness (QED) is 0.471. The summed E-state index contributed by atoms with van der Waals surface area (Å²) in [6, 6.07) is 9.57. The van der Waals surface area contributed by atoms with Gasteiger partial charge in [0.05, 0.1) is 18.7 Å². The standard InChI is InChI=1S/C23H22N4O4/c1-12(2)30-15-5-8-19(24-11-15)23-26-22(27-31-23)14-4-7-18-17(9-14)16-6-3-13(10-20(28)29)21(16)25-18/h4-5,7-9,11-13,25H,3,6,10H2,1-2H3,(H,28,29). The summed E-state index contributed by atoms with van der Waals surface area (Å²) < 4.78 is 11.0. The van der Waals surface area contributed by atoms with Crippen LogP contribution in [0.1, 0.15) is 43.9 Å². The molecule has 1 aliphatic carbocycles. The molecule has 158 valence electrons. The lowest BCUT2D eigenvalue weighted by molar-refractivity contribution is -0.137. The molecule has 3 heterocycles. The second-order valence-corrected chi connectivity index (χ2v) is 8.08. The largest absolute Gasteiger partial charge is 0.489 e. The Morgan fingerprint density at radius 1 is 1.32 bits per heavy atom. The lowest BCUT2D eigenvalue weighted by Crippen LogP contribution is -2.05. The number of aromatic nitrogens is 4. The number of ether oxygens (including phenoxy) is 1. The van der Waals surface area contributed by atoms with E-state index in [1.807, 2.05) is 38.1 Å². The molecule has 0 amide bonds. The number of benzene rings is 1. The zero-order valence-corrected chi connectivity index (χ0v) is 17.3. The van der Waals surface area contributed by atoms with Gasteiger partial charge in [-0.25, -0.2) is 4.98 Å². The van der Waals surface area contributed by atoms with Crippen molar-refractivity contribution in [2.24, 2.45) is 0 Å². The van der Waals surface area contributed by atoms with Crippen LogP contribution in [0.4, 0.5) is 0 Å². The zero-order chi connectivity index (χ0) is 21.5. The molecule has 0 saturated carbocycles. The maximum absolute atomic E-state index is 11.2. The van der Waals surface area contributed by atoms with Crippen molar-refractivity contribution >= 4 is 16.9 Å². The number of pyridine rings is 1. The first-order valence-electron chi connectivity index (χ1n) is 10.3. The van der Waals surface area contributed by atoms with E-state index in [0.717, 1.165) is 35.0 Å². The highest BCUT2D eigenvalue weighted by Crippen LogP contribution is 2.40. The van der Waals surface area contributed by atoms with Gasteiger partial charge in [-0.1, -0.05) is 5.16 Å². The van der Waals surface area contributed by atoms with Crippen LogP contribution in [-0.2, 0) is 11.2 Å². The van der Waals surface area contributed by atoms with Crippen LogP contribution in [0.25, 0.3) is 33.9 Å². The molecule has 31 heavy (non-hydrogen) atoms. The fourth-order valence-corrected chi connectivity index (χ4v) is 4.20. The minimum absolute atomic E-state index is 0.0360. The van der Waals surface area contributed by atoms with Crippen molar-refractivity contribution in [2.75, 3.05) is 0 Å². The van der Waals surface area contributed by atoms with Gasteiger partial charge in [0.15, 0.2) is 0 Å². The number of aryl methyl sites for hydroxylation is 1. The van der Waals surface area contributed by atoms with Crippen molar-refractivity contribution in [2.45, 2.75) is 45.1 Å². The van der Waals surface area contributed by atoms with Crippen molar-refractivity contribution in [1.29, 1.82) is 0 Å². The first-order valence-corrected chi connectivity index (χ1v) is 10.3. The minimum Gasteiger partial charge on any atom is -0.489 e. The molecule has 3 aromatic heterocycles. The number of aromatic amines is 1. The summed E-state index contributed by atoms with van der Waals surface area (Å²) in [6.07, 6.45) is 3.58. The number of hydrogen-bond donors (Lipinski definition) is 2. The van der Waals surface area contributed by atoms with Crippen LogP contribution in [0, 0.1) is 0 Å². The maximum Gasteiger partial charge on any atom is 0.304 e. The van der Waals surface area contributed by atoms with Gasteiger partial charge in [0.25, 0.3) is 5.89 Å². The van der Waals surface area contributed by atoms with Crippen molar-refractivity contribution in [3.8, 4) is 28.7 Å². The van der Waals surface area contributed by atoms with Crippen LogP contribution in [-0.4, -0.2) is 37.3 Å². The molecule has 0 spiro atoms. The summed E-state index contributed by atoms with van der Waals surface area (Å²) in [5.74, 6) is 0.775. The topological polar surface area (TPSA) is 114 Å². The number of carboxylic acids is 1. The minimum atomic E-state index is -0.770. The average Bonchev–Trinajstić information content (AvgIpc) is 3.44. The van der Waals surface area contributed by atoms with E-state index in [4.69, 9.17) is 14.4 Å². The van der Waals surface area contributed by atoms with E-state index >= 15 is 0 Å². The summed E-state index contributed by atoms with van der Waals surface area (Å²) in [5, 5.41) is 14.4. The molecule has 0 fully saturated rings. The van der Waals surface area contributed by atoms with E-state index < -0.39 is 5.97 Å². The van der Waals surface area contributed by atoms with Gasteiger partial charge in [-0.05, 0) is 62.6 Å². The van der Waals surface area contributed by atoms with Crippen molar-refractivity contribution in [1.82, 2.24) is 20.1 Å². The predicted molar refractivity (Wildman–Crippen MR) is 114 cm³/mol. The number of nitrogens with zero attached hydrogens (tertiary/aromatic N) is 3. The molecule has 1 aliphatic rings. The fraction of sp³-hybridized carbons (Fsp3) is 0.304. The number of nitrogens with one attached hydrogen (secondary N) is 1. The van der Waals surface area contributed by atoms with Gasteiger partial charge in [-0.2, -0.15) is 4.98 Å². The highest BCUT2D eigenvalue weighted by atomic mass is 16.5. The van der Waals surface area contributed by atoms with Crippen LogP contribution in [0.3, 0.4) is 0 Å². The molecule has 8 nitrogen and oxygen atoms in total.